The molecule has 2 aromatic carbocycles. The maximum atomic E-state index is 14.1. The number of amides is 1. The van der Waals surface area contributed by atoms with Crippen molar-refractivity contribution < 1.29 is 18.1 Å². The monoisotopic (exact) mass is 499 g/mol. The van der Waals surface area contributed by atoms with E-state index in [0.717, 1.165) is 51.3 Å². The van der Waals surface area contributed by atoms with E-state index in [1.54, 1.807) is 12.4 Å². The molecule has 0 unspecified atom stereocenters. The number of anilines is 1. The highest BCUT2D eigenvalue weighted by Gasteiger charge is 2.37. The normalized spacial score (nSPS) is 15.7. The molecule has 0 aliphatic carbocycles. The highest BCUT2D eigenvalue weighted by atomic mass is 19.2. The molecule has 0 radical (unpaired) electrons. The zero-order valence-corrected chi connectivity index (χ0v) is 20.3. The molecule has 7 nitrogen and oxygen atoms in total. The Morgan fingerprint density at radius 3 is 2.68 bits per heavy atom. The molecule has 3 aromatic heterocycles. The standard InChI is InChI=1S/C28H23F2N5O2/c1-16-27(17(2)37-33-16)19-5-8-24-23(12-19)32-28(34(24)15-18-4-3-11-31-14-18)25-9-10-26(36)35(25)20-6-7-21(29)22(30)13-20/h3-8,11-14,25H,9-10,15H2,1-2H3/t25-/m0/s1. The Balaban J connectivity index is 1.51. The van der Waals surface area contributed by atoms with E-state index in [9.17, 15) is 13.6 Å². The lowest BCUT2D eigenvalue weighted by Crippen LogP contribution is -2.29. The number of pyridine rings is 1. The minimum atomic E-state index is -0.996. The van der Waals surface area contributed by atoms with Crippen molar-refractivity contribution in [2.45, 2.75) is 39.3 Å². The van der Waals surface area contributed by atoms with Crippen molar-refractivity contribution in [2.24, 2.45) is 0 Å². The van der Waals surface area contributed by atoms with Gasteiger partial charge in [-0.3, -0.25) is 9.78 Å². The number of rotatable bonds is 5. The maximum absolute atomic E-state index is 14.1. The summed E-state index contributed by atoms with van der Waals surface area (Å²) in [6, 6.07) is 12.9. The molecular weight excluding hydrogens is 476 g/mol. The molecule has 1 aliphatic rings. The van der Waals surface area contributed by atoms with Gasteiger partial charge in [-0.1, -0.05) is 17.3 Å². The summed E-state index contributed by atoms with van der Waals surface area (Å²) in [7, 11) is 0. The van der Waals surface area contributed by atoms with Gasteiger partial charge in [-0.25, -0.2) is 13.8 Å². The SMILES string of the molecule is Cc1noc(C)c1-c1ccc2c(c1)nc([C@@H]1CCC(=O)N1c1ccc(F)c(F)c1)n2Cc1cccnc1. The van der Waals surface area contributed by atoms with Crippen LogP contribution in [0.3, 0.4) is 0 Å². The highest BCUT2D eigenvalue weighted by molar-refractivity contribution is 5.96. The minimum absolute atomic E-state index is 0.160. The van der Waals surface area contributed by atoms with Gasteiger partial charge in [0.25, 0.3) is 0 Å². The molecule has 1 amide bonds. The summed E-state index contributed by atoms with van der Waals surface area (Å²) in [5, 5.41) is 4.07. The number of hydrogen-bond donors (Lipinski definition) is 0. The third-order valence-electron chi connectivity index (χ3n) is 6.85. The van der Waals surface area contributed by atoms with E-state index in [-0.39, 0.29) is 12.3 Å². The lowest BCUT2D eigenvalue weighted by molar-refractivity contribution is -0.117. The fourth-order valence-corrected chi connectivity index (χ4v) is 5.18. The zero-order valence-electron chi connectivity index (χ0n) is 20.3. The van der Waals surface area contributed by atoms with Gasteiger partial charge in [0.2, 0.25) is 5.91 Å². The van der Waals surface area contributed by atoms with Crippen molar-refractivity contribution in [3.8, 4) is 11.1 Å². The minimum Gasteiger partial charge on any atom is -0.361 e. The fraction of sp³-hybridized carbons (Fsp3) is 0.214. The predicted octanol–water partition coefficient (Wildman–Crippen LogP) is 5.90. The molecule has 0 spiro atoms. The molecule has 4 heterocycles. The van der Waals surface area contributed by atoms with E-state index in [2.05, 4.69) is 14.7 Å². The number of halogens is 2. The lowest BCUT2D eigenvalue weighted by atomic mass is 10.0. The summed E-state index contributed by atoms with van der Waals surface area (Å²) >= 11 is 0. The first kappa shape index (κ1) is 23.0. The Bertz CT molecular complexity index is 1620. The number of hydrogen-bond acceptors (Lipinski definition) is 5. The zero-order chi connectivity index (χ0) is 25.7. The molecular formula is C28H23F2N5O2. The van der Waals surface area contributed by atoms with E-state index < -0.39 is 17.7 Å². The molecule has 0 bridgehead atoms. The van der Waals surface area contributed by atoms with Gasteiger partial charge >= 0.3 is 0 Å². The number of carbonyl (C=O) groups excluding carboxylic acids is 1. The Labute approximate surface area is 211 Å². The van der Waals surface area contributed by atoms with Crippen molar-refractivity contribution in [2.75, 3.05) is 4.90 Å². The summed E-state index contributed by atoms with van der Waals surface area (Å²) in [5.74, 6) is -0.720. The number of benzene rings is 2. The second kappa shape index (κ2) is 8.92. The Morgan fingerprint density at radius 2 is 1.95 bits per heavy atom. The van der Waals surface area contributed by atoms with Crippen LogP contribution in [0.25, 0.3) is 22.2 Å². The van der Waals surface area contributed by atoms with Gasteiger partial charge in [0, 0.05) is 36.1 Å². The second-order valence-electron chi connectivity index (χ2n) is 9.24. The Hall–Kier alpha value is -4.40. The van der Waals surface area contributed by atoms with Gasteiger partial charge in [-0.05, 0) is 61.7 Å². The first-order valence-electron chi connectivity index (χ1n) is 12.0. The summed E-state index contributed by atoms with van der Waals surface area (Å²) in [6.45, 7) is 4.25. The van der Waals surface area contributed by atoms with Crippen molar-refractivity contribution >= 4 is 22.6 Å². The number of carbonyl (C=O) groups is 1. The Kier molecular flexibility index (Phi) is 5.55. The van der Waals surface area contributed by atoms with Crippen molar-refractivity contribution in [1.82, 2.24) is 19.7 Å². The molecule has 0 N–H and O–H groups in total. The molecule has 186 valence electrons. The fourth-order valence-electron chi connectivity index (χ4n) is 5.18. The topological polar surface area (TPSA) is 77.0 Å². The summed E-state index contributed by atoms with van der Waals surface area (Å²) in [6.07, 6.45) is 4.29. The number of aryl methyl sites for hydroxylation is 2. The van der Waals surface area contributed by atoms with Crippen molar-refractivity contribution in [3.05, 3.63) is 95.4 Å². The smallest absolute Gasteiger partial charge is 0.227 e. The third kappa shape index (κ3) is 3.96. The van der Waals surface area contributed by atoms with Crippen LogP contribution in [0.4, 0.5) is 14.5 Å². The molecule has 9 heteroatoms. The van der Waals surface area contributed by atoms with E-state index in [4.69, 9.17) is 9.51 Å². The molecule has 1 saturated heterocycles. The third-order valence-corrected chi connectivity index (χ3v) is 6.85. The van der Waals surface area contributed by atoms with Crippen LogP contribution in [0.5, 0.6) is 0 Å². The van der Waals surface area contributed by atoms with E-state index in [0.29, 0.717) is 24.5 Å². The van der Waals surface area contributed by atoms with Crippen LogP contribution >= 0.6 is 0 Å². The lowest BCUT2D eigenvalue weighted by Gasteiger charge is -2.25. The molecule has 6 rings (SSSR count). The number of aromatic nitrogens is 4. The van der Waals surface area contributed by atoms with Crippen LogP contribution in [0, 0.1) is 25.5 Å². The first-order chi connectivity index (χ1) is 17.9. The van der Waals surface area contributed by atoms with Gasteiger partial charge in [-0.15, -0.1) is 0 Å². The first-order valence-corrected chi connectivity index (χ1v) is 12.0. The van der Waals surface area contributed by atoms with Crippen molar-refractivity contribution in [3.63, 3.8) is 0 Å². The van der Waals surface area contributed by atoms with E-state index in [1.165, 1.54) is 11.0 Å². The van der Waals surface area contributed by atoms with Crippen LogP contribution < -0.4 is 4.90 Å². The van der Waals surface area contributed by atoms with Gasteiger partial charge in [0.1, 0.15) is 11.6 Å². The average molecular weight is 500 g/mol. The molecule has 1 atom stereocenters. The summed E-state index contributed by atoms with van der Waals surface area (Å²) in [5.41, 5.74) is 5.56. The van der Waals surface area contributed by atoms with Crippen LogP contribution in [0.15, 0.2) is 65.4 Å². The summed E-state index contributed by atoms with van der Waals surface area (Å²) in [4.78, 5) is 23.7. The molecule has 1 fully saturated rings. The van der Waals surface area contributed by atoms with E-state index in [1.807, 2.05) is 44.2 Å². The van der Waals surface area contributed by atoms with Gasteiger partial charge in [0.05, 0.1) is 29.3 Å². The molecule has 5 aromatic rings. The quantitative estimate of drug-likeness (QED) is 0.301. The Morgan fingerprint density at radius 1 is 1.08 bits per heavy atom. The number of imidazole rings is 1. The van der Waals surface area contributed by atoms with Gasteiger partial charge in [0.15, 0.2) is 11.6 Å². The van der Waals surface area contributed by atoms with Crippen LogP contribution in [-0.2, 0) is 11.3 Å². The van der Waals surface area contributed by atoms with Crippen LogP contribution in [-0.4, -0.2) is 25.6 Å². The van der Waals surface area contributed by atoms with Gasteiger partial charge in [-0.2, -0.15) is 0 Å². The average Bonchev–Trinajstić information content (AvgIpc) is 3.55. The molecule has 1 aliphatic heterocycles. The predicted molar refractivity (Wildman–Crippen MR) is 134 cm³/mol. The molecule has 0 saturated carbocycles. The highest BCUT2D eigenvalue weighted by Crippen LogP contribution is 2.39. The van der Waals surface area contributed by atoms with Gasteiger partial charge < -0.3 is 14.0 Å². The van der Waals surface area contributed by atoms with Crippen molar-refractivity contribution in [1.29, 1.82) is 0 Å². The number of fused-ring (bicyclic) bond motifs is 1. The second-order valence-corrected chi connectivity index (χ2v) is 9.24. The number of nitrogens with zero attached hydrogens (tertiary/aromatic N) is 5. The van der Waals surface area contributed by atoms with Crippen LogP contribution in [0.2, 0.25) is 0 Å². The summed E-state index contributed by atoms with van der Waals surface area (Å²) < 4.78 is 35.2. The molecule has 37 heavy (non-hydrogen) atoms. The largest absolute Gasteiger partial charge is 0.361 e. The van der Waals surface area contributed by atoms with E-state index >= 15 is 0 Å². The van der Waals surface area contributed by atoms with Crippen LogP contribution in [0.1, 0.15) is 41.7 Å². The maximum Gasteiger partial charge on any atom is 0.227 e.